The maximum atomic E-state index is 11.5. The molecule has 88 valence electrons. The monoisotopic (exact) mass is 222 g/mol. The van der Waals surface area contributed by atoms with E-state index in [-0.39, 0.29) is 11.9 Å². The van der Waals surface area contributed by atoms with E-state index in [0.29, 0.717) is 13.0 Å². The predicted molar refractivity (Wildman–Crippen MR) is 61.6 cm³/mol. The molecule has 5 nitrogen and oxygen atoms in total. The summed E-state index contributed by atoms with van der Waals surface area (Å²) >= 11 is 0. The topological polar surface area (TPSA) is 66.9 Å². The minimum Gasteiger partial charge on any atom is -0.350 e. The van der Waals surface area contributed by atoms with Gasteiger partial charge in [0.2, 0.25) is 5.91 Å². The normalized spacial score (nSPS) is 12.1. The second-order valence-corrected chi connectivity index (χ2v) is 3.65. The standard InChI is InChI=1S/C11H18N4O/c1-3-12-9(2)7-11(16)13-8-10-5-4-6-14-15-10/h4-6,9,12H,3,7-8H2,1-2H3,(H,13,16). The van der Waals surface area contributed by atoms with Crippen molar-refractivity contribution >= 4 is 5.91 Å². The van der Waals surface area contributed by atoms with E-state index in [1.165, 1.54) is 0 Å². The molecule has 0 bridgehead atoms. The van der Waals surface area contributed by atoms with Crippen LogP contribution in [-0.2, 0) is 11.3 Å². The Balaban J connectivity index is 2.25. The van der Waals surface area contributed by atoms with Gasteiger partial charge in [-0.2, -0.15) is 10.2 Å². The molecule has 0 fully saturated rings. The van der Waals surface area contributed by atoms with E-state index in [0.717, 1.165) is 12.2 Å². The Morgan fingerprint density at radius 3 is 3.00 bits per heavy atom. The smallest absolute Gasteiger partial charge is 0.221 e. The summed E-state index contributed by atoms with van der Waals surface area (Å²) in [6, 6.07) is 3.84. The first kappa shape index (κ1) is 12.6. The fourth-order valence-electron chi connectivity index (χ4n) is 1.39. The number of carbonyl (C=O) groups excluding carboxylic acids is 1. The van der Waals surface area contributed by atoms with E-state index in [4.69, 9.17) is 0 Å². The molecule has 0 saturated heterocycles. The highest BCUT2D eigenvalue weighted by molar-refractivity contribution is 5.76. The van der Waals surface area contributed by atoms with Gasteiger partial charge >= 0.3 is 0 Å². The zero-order valence-electron chi connectivity index (χ0n) is 9.73. The highest BCUT2D eigenvalue weighted by Gasteiger charge is 2.07. The molecular weight excluding hydrogens is 204 g/mol. The molecule has 1 atom stereocenters. The molecule has 1 aromatic heterocycles. The molecular formula is C11H18N4O. The molecule has 0 aliphatic carbocycles. The molecule has 1 unspecified atom stereocenters. The lowest BCUT2D eigenvalue weighted by Gasteiger charge is -2.11. The van der Waals surface area contributed by atoms with Crippen molar-refractivity contribution in [3.8, 4) is 0 Å². The molecule has 2 N–H and O–H groups in total. The van der Waals surface area contributed by atoms with Crippen molar-refractivity contribution < 1.29 is 4.79 Å². The van der Waals surface area contributed by atoms with Gasteiger partial charge in [-0.3, -0.25) is 4.79 Å². The number of carbonyl (C=O) groups is 1. The van der Waals surface area contributed by atoms with E-state index in [2.05, 4.69) is 20.8 Å². The Bertz CT molecular complexity index is 315. The molecule has 5 heteroatoms. The largest absolute Gasteiger partial charge is 0.350 e. The maximum Gasteiger partial charge on any atom is 0.221 e. The summed E-state index contributed by atoms with van der Waals surface area (Å²) in [5, 5.41) is 13.6. The van der Waals surface area contributed by atoms with Gasteiger partial charge in [0.1, 0.15) is 0 Å². The summed E-state index contributed by atoms with van der Waals surface area (Å²) < 4.78 is 0. The van der Waals surface area contributed by atoms with Crippen molar-refractivity contribution in [3.63, 3.8) is 0 Å². The summed E-state index contributed by atoms with van der Waals surface area (Å²) in [5.74, 6) is 0.0269. The Labute approximate surface area is 95.7 Å². The molecule has 1 rings (SSSR count). The summed E-state index contributed by atoms with van der Waals surface area (Å²) in [4.78, 5) is 11.5. The van der Waals surface area contributed by atoms with Crippen LogP contribution in [0.5, 0.6) is 0 Å². The first-order valence-corrected chi connectivity index (χ1v) is 5.49. The van der Waals surface area contributed by atoms with Crippen molar-refractivity contribution in [2.24, 2.45) is 0 Å². The average Bonchev–Trinajstić information content (AvgIpc) is 2.28. The zero-order chi connectivity index (χ0) is 11.8. The van der Waals surface area contributed by atoms with Crippen LogP contribution in [0.4, 0.5) is 0 Å². The van der Waals surface area contributed by atoms with Gasteiger partial charge in [-0.25, -0.2) is 0 Å². The van der Waals surface area contributed by atoms with Gasteiger partial charge in [0.05, 0.1) is 12.2 Å². The lowest BCUT2D eigenvalue weighted by molar-refractivity contribution is -0.121. The summed E-state index contributed by atoms with van der Waals surface area (Å²) in [6.45, 7) is 5.32. The SMILES string of the molecule is CCNC(C)CC(=O)NCc1cccnn1. The molecule has 0 aliphatic heterocycles. The third-order valence-electron chi connectivity index (χ3n) is 2.14. The number of rotatable bonds is 6. The van der Waals surface area contributed by atoms with Gasteiger partial charge in [0.15, 0.2) is 0 Å². The molecule has 0 radical (unpaired) electrons. The second kappa shape index (κ2) is 6.90. The average molecular weight is 222 g/mol. The lowest BCUT2D eigenvalue weighted by Crippen LogP contribution is -2.33. The second-order valence-electron chi connectivity index (χ2n) is 3.65. The highest BCUT2D eigenvalue weighted by Crippen LogP contribution is 1.93. The molecule has 0 aliphatic rings. The van der Waals surface area contributed by atoms with Crippen molar-refractivity contribution in [2.45, 2.75) is 32.9 Å². The van der Waals surface area contributed by atoms with Crippen LogP contribution in [0, 0.1) is 0 Å². The summed E-state index contributed by atoms with van der Waals surface area (Å²) in [5.41, 5.74) is 0.770. The number of aromatic nitrogens is 2. The van der Waals surface area contributed by atoms with E-state index >= 15 is 0 Å². The number of nitrogens with one attached hydrogen (secondary N) is 2. The van der Waals surface area contributed by atoms with Crippen molar-refractivity contribution in [1.29, 1.82) is 0 Å². The van der Waals surface area contributed by atoms with Crippen LogP contribution in [0.3, 0.4) is 0 Å². The molecule has 1 aromatic rings. The van der Waals surface area contributed by atoms with Gasteiger partial charge < -0.3 is 10.6 Å². The Morgan fingerprint density at radius 2 is 2.38 bits per heavy atom. The molecule has 1 amide bonds. The fourth-order valence-corrected chi connectivity index (χ4v) is 1.39. The number of nitrogens with zero attached hydrogens (tertiary/aromatic N) is 2. The predicted octanol–water partition coefficient (Wildman–Crippen LogP) is 0.481. The van der Waals surface area contributed by atoms with Crippen LogP contribution in [0.1, 0.15) is 26.0 Å². The Kier molecular flexibility index (Phi) is 5.42. The number of amides is 1. The number of hydrogen-bond donors (Lipinski definition) is 2. The Morgan fingerprint density at radius 1 is 1.56 bits per heavy atom. The molecule has 0 spiro atoms. The maximum absolute atomic E-state index is 11.5. The molecule has 1 heterocycles. The van der Waals surface area contributed by atoms with E-state index in [1.807, 2.05) is 19.9 Å². The quantitative estimate of drug-likeness (QED) is 0.734. The lowest BCUT2D eigenvalue weighted by atomic mass is 10.2. The Hall–Kier alpha value is -1.49. The fraction of sp³-hybridized carbons (Fsp3) is 0.545. The third-order valence-corrected chi connectivity index (χ3v) is 2.14. The minimum atomic E-state index is 0.0269. The molecule has 0 aromatic carbocycles. The van der Waals surface area contributed by atoms with Crippen LogP contribution >= 0.6 is 0 Å². The van der Waals surface area contributed by atoms with Gasteiger partial charge in [0, 0.05) is 18.7 Å². The van der Waals surface area contributed by atoms with Crippen LogP contribution in [0.15, 0.2) is 18.3 Å². The van der Waals surface area contributed by atoms with E-state index in [9.17, 15) is 4.79 Å². The first-order valence-electron chi connectivity index (χ1n) is 5.49. The van der Waals surface area contributed by atoms with E-state index < -0.39 is 0 Å². The van der Waals surface area contributed by atoms with E-state index in [1.54, 1.807) is 12.3 Å². The van der Waals surface area contributed by atoms with Crippen LogP contribution < -0.4 is 10.6 Å². The highest BCUT2D eigenvalue weighted by atomic mass is 16.1. The first-order chi connectivity index (χ1) is 7.72. The van der Waals surface area contributed by atoms with Gasteiger partial charge in [0.25, 0.3) is 0 Å². The van der Waals surface area contributed by atoms with Crippen LogP contribution in [-0.4, -0.2) is 28.7 Å². The number of hydrogen-bond acceptors (Lipinski definition) is 4. The molecule has 16 heavy (non-hydrogen) atoms. The van der Waals surface area contributed by atoms with Gasteiger partial charge in [-0.05, 0) is 25.6 Å². The van der Waals surface area contributed by atoms with Crippen molar-refractivity contribution in [2.75, 3.05) is 6.54 Å². The minimum absolute atomic E-state index is 0.0269. The van der Waals surface area contributed by atoms with Crippen LogP contribution in [0.25, 0.3) is 0 Å². The van der Waals surface area contributed by atoms with Gasteiger partial charge in [-0.1, -0.05) is 6.92 Å². The summed E-state index contributed by atoms with van der Waals surface area (Å²) in [7, 11) is 0. The van der Waals surface area contributed by atoms with Crippen molar-refractivity contribution in [1.82, 2.24) is 20.8 Å². The molecule has 0 saturated carbocycles. The van der Waals surface area contributed by atoms with Gasteiger partial charge in [-0.15, -0.1) is 0 Å². The third kappa shape index (κ3) is 4.84. The summed E-state index contributed by atoms with van der Waals surface area (Å²) in [6.07, 6.45) is 2.09. The van der Waals surface area contributed by atoms with Crippen molar-refractivity contribution in [3.05, 3.63) is 24.0 Å². The zero-order valence-corrected chi connectivity index (χ0v) is 9.73. The van der Waals surface area contributed by atoms with Crippen LogP contribution in [0.2, 0.25) is 0 Å².